The van der Waals surface area contributed by atoms with Crippen molar-refractivity contribution in [3.05, 3.63) is 0 Å². The predicted molar refractivity (Wildman–Crippen MR) is 45.8 cm³/mol. The molecule has 1 saturated heterocycles. The van der Waals surface area contributed by atoms with Crippen molar-refractivity contribution < 1.29 is 13.6 Å². The van der Waals surface area contributed by atoms with Crippen LogP contribution in [-0.4, -0.2) is 37.2 Å². The van der Waals surface area contributed by atoms with Gasteiger partial charge in [-0.25, -0.2) is 0 Å². The molecule has 0 aromatic rings. The molecule has 0 bridgehead atoms. The first-order chi connectivity index (χ1) is 6.03. The zero-order chi connectivity index (χ0) is 9.90. The smallest absolute Gasteiger partial charge is 0.302 e. The van der Waals surface area contributed by atoms with Crippen LogP contribution in [-0.2, 0) is 4.79 Å². The lowest BCUT2D eigenvalue weighted by Gasteiger charge is -2.29. The van der Waals surface area contributed by atoms with Crippen molar-refractivity contribution in [2.24, 2.45) is 5.92 Å². The van der Waals surface area contributed by atoms with Gasteiger partial charge in [0.15, 0.2) is 6.29 Å². The summed E-state index contributed by atoms with van der Waals surface area (Å²) in [6.07, 6.45) is 1.05. The highest BCUT2D eigenvalue weighted by atomic mass is 19.3. The standard InChI is InChI=1S/C9H15F2NO/c1-12-4-2-8(3-5-12)6-9(10,11)7-13/h7-8H,2-6H2,1H3. The van der Waals surface area contributed by atoms with Gasteiger partial charge in [-0.2, -0.15) is 8.78 Å². The first-order valence-electron chi connectivity index (χ1n) is 4.56. The minimum Gasteiger partial charge on any atom is -0.306 e. The average Bonchev–Trinajstić information content (AvgIpc) is 2.09. The Morgan fingerprint density at radius 3 is 2.46 bits per heavy atom. The van der Waals surface area contributed by atoms with Crippen molar-refractivity contribution in [1.82, 2.24) is 4.90 Å². The molecule has 0 N–H and O–H groups in total. The number of piperidine rings is 1. The number of hydrogen-bond donors (Lipinski definition) is 0. The molecule has 1 aliphatic rings. The summed E-state index contributed by atoms with van der Waals surface area (Å²) >= 11 is 0. The molecule has 13 heavy (non-hydrogen) atoms. The molecule has 2 nitrogen and oxygen atoms in total. The molecule has 1 heterocycles. The Kier molecular flexibility index (Phi) is 3.36. The summed E-state index contributed by atoms with van der Waals surface area (Å²) in [5.41, 5.74) is 0. The van der Waals surface area contributed by atoms with E-state index in [1.165, 1.54) is 0 Å². The van der Waals surface area contributed by atoms with E-state index in [2.05, 4.69) is 4.90 Å². The van der Waals surface area contributed by atoms with Crippen molar-refractivity contribution in [2.45, 2.75) is 25.2 Å². The van der Waals surface area contributed by atoms with Gasteiger partial charge in [0.25, 0.3) is 0 Å². The minimum atomic E-state index is -3.11. The fraction of sp³-hybridized carbons (Fsp3) is 0.889. The Morgan fingerprint density at radius 1 is 1.46 bits per heavy atom. The van der Waals surface area contributed by atoms with Gasteiger partial charge in [-0.05, 0) is 38.9 Å². The molecule has 1 aliphatic heterocycles. The highest BCUT2D eigenvalue weighted by Crippen LogP contribution is 2.28. The largest absolute Gasteiger partial charge is 0.306 e. The summed E-state index contributed by atoms with van der Waals surface area (Å²) in [6, 6.07) is 0. The maximum Gasteiger partial charge on any atom is 0.302 e. The summed E-state index contributed by atoms with van der Waals surface area (Å²) in [6.45, 7) is 1.72. The zero-order valence-electron chi connectivity index (χ0n) is 7.80. The van der Waals surface area contributed by atoms with Gasteiger partial charge in [0, 0.05) is 6.42 Å². The molecule has 0 aromatic carbocycles. The maximum absolute atomic E-state index is 12.7. The Morgan fingerprint density at radius 2 is 2.00 bits per heavy atom. The fourth-order valence-electron chi connectivity index (χ4n) is 1.70. The van der Waals surface area contributed by atoms with Crippen LogP contribution < -0.4 is 0 Å². The molecule has 0 saturated carbocycles. The van der Waals surface area contributed by atoms with Gasteiger partial charge in [-0.3, -0.25) is 4.79 Å². The van der Waals surface area contributed by atoms with Crippen LogP contribution in [0.15, 0.2) is 0 Å². The molecule has 0 radical (unpaired) electrons. The summed E-state index contributed by atoms with van der Waals surface area (Å²) in [5.74, 6) is -3.10. The molecule has 0 atom stereocenters. The van der Waals surface area contributed by atoms with E-state index in [9.17, 15) is 13.6 Å². The number of hydrogen-bond acceptors (Lipinski definition) is 2. The molecular formula is C9H15F2NO. The summed E-state index contributed by atoms with van der Waals surface area (Å²) in [5, 5.41) is 0. The highest BCUT2D eigenvalue weighted by molar-refractivity contribution is 5.59. The quantitative estimate of drug-likeness (QED) is 0.631. The SMILES string of the molecule is CN1CCC(CC(F)(F)C=O)CC1. The average molecular weight is 191 g/mol. The Balaban J connectivity index is 2.34. The van der Waals surface area contributed by atoms with Crippen molar-refractivity contribution >= 4 is 6.29 Å². The van der Waals surface area contributed by atoms with Gasteiger partial charge in [0.05, 0.1) is 0 Å². The van der Waals surface area contributed by atoms with Gasteiger partial charge in [0.1, 0.15) is 0 Å². The van der Waals surface area contributed by atoms with Crippen LogP contribution in [0.3, 0.4) is 0 Å². The molecule has 1 fully saturated rings. The molecule has 0 amide bonds. The van der Waals surface area contributed by atoms with E-state index in [0.717, 1.165) is 25.9 Å². The monoisotopic (exact) mass is 191 g/mol. The molecule has 0 unspecified atom stereocenters. The van der Waals surface area contributed by atoms with Crippen molar-refractivity contribution in [1.29, 1.82) is 0 Å². The zero-order valence-corrected chi connectivity index (χ0v) is 7.80. The Labute approximate surface area is 76.9 Å². The van der Waals surface area contributed by atoms with E-state index in [4.69, 9.17) is 0 Å². The van der Waals surface area contributed by atoms with E-state index in [0.29, 0.717) is 0 Å². The first kappa shape index (κ1) is 10.6. The van der Waals surface area contributed by atoms with E-state index < -0.39 is 5.92 Å². The van der Waals surface area contributed by atoms with Crippen LogP contribution in [0.4, 0.5) is 8.78 Å². The van der Waals surface area contributed by atoms with Crippen LogP contribution in [0.1, 0.15) is 19.3 Å². The summed E-state index contributed by atoms with van der Waals surface area (Å²) < 4.78 is 25.3. The number of alkyl halides is 2. The number of rotatable bonds is 3. The molecule has 0 aliphatic carbocycles. The summed E-state index contributed by atoms with van der Waals surface area (Å²) in [7, 11) is 1.98. The molecular weight excluding hydrogens is 176 g/mol. The molecule has 0 spiro atoms. The molecule has 76 valence electrons. The first-order valence-corrected chi connectivity index (χ1v) is 4.56. The third kappa shape index (κ3) is 3.38. The number of halogens is 2. The van der Waals surface area contributed by atoms with Crippen LogP contribution in [0.5, 0.6) is 0 Å². The molecule has 4 heteroatoms. The van der Waals surface area contributed by atoms with Crippen molar-refractivity contribution in [3.63, 3.8) is 0 Å². The van der Waals surface area contributed by atoms with E-state index >= 15 is 0 Å². The van der Waals surface area contributed by atoms with E-state index in [1.807, 2.05) is 7.05 Å². The van der Waals surface area contributed by atoms with Gasteiger partial charge < -0.3 is 4.90 Å². The fourth-order valence-corrected chi connectivity index (χ4v) is 1.70. The second kappa shape index (κ2) is 4.13. The third-order valence-electron chi connectivity index (χ3n) is 2.57. The van der Waals surface area contributed by atoms with Gasteiger partial charge in [-0.15, -0.1) is 0 Å². The Bertz CT molecular complexity index is 176. The number of carbonyl (C=O) groups excluding carboxylic acids is 1. The Hall–Kier alpha value is -0.510. The number of aldehydes is 1. The number of nitrogens with zero attached hydrogens (tertiary/aromatic N) is 1. The van der Waals surface area contributed by atoms with Crippen LogP contribution in [0.2, 0.25) is 0 Å². The summed E-state index contributed by atoms with van der Waals surface area (Å²) in [4.78, 5) is 12.1. The third-order valence-corrected chi connectivity index (χ3v) is 2.57. The highest BCUT2D eigenvalue weighted by Gasteiger charge is 2.33. The molecule has 1 rings (SSSR count). The predicted octanol–water partition coefficient (Wildman–Crippen LogP) is 1.55. The second-order valence-electron chi connectivity index (χ2n) is 3.83. The minimum absolute atomic E-state index is 0.0106. The van der Waals surface area contributed by atoms with Gasteiger partial charge >= 0.3 is 5.92 Å². The van der Waals surface area contributed by atoms with Crippen molar-refractivity contribution in [2.75, 3.05) is 20.1 Å². The van der Waals surface area contributed by atoms with Crippen LogP contribution in [0, 0.1) is 5.92 Å². The van der Waals surface area contributed by atoms with Gasteiger partial charge in [-0.1, -0.05) is 0 Å². The van der Waals surface area contributed by atoms with E-state index in [1.54, 1.807) is 0 Å². The number of carbonyl (C=O) groups is 1. The number of likely N-dealkylation sites (tertiary alicyclic amines) is 1. The lowest BCUT2D eigenvalue weighted by Crippen LogP contribution is -2.33. The van der Waals surface area contributed by atoms with Crippen molar-refractivity contribution in [3.8, 4) is 0 Å². The maximum atomic E-state index is 12.7. The van der Waals surface area contributed by atoms with E-state index in [-0.39, 0.29) is 18.6 Å². The van der Waals surface area contributed by atoms with Crippen LogP contribution >= 0.6 is 0 Å². The second-order valence-corrected chi connectivity index (χ2v) is 3.83. The molecule has 0 aromatic heterocycles. The normalized spacial score (nSPS) is 21.8. The lowest BCUT2D eigenvalue weighted by molar-refractivity contribution is -0.132. The van der Waals surface area contributed by atoms with Crippen LogP contribution in [0.25, 0.3) is 0 Å². The topological polar surface area (TPSA) is 20.3 Å². The van der Waals surface area contributed by atoms with Gasteiger partial charge in [0.2, 0.25) is 0 Å². The lowest BCUT2D eigenvalue weighted by atomic mass is 9.91.